The topological polar surface area (TPSA) is 153 Å². The maximum absolute atomic E-state index is 12.7. The Morgan fingerprint density at radius 1 is 0.968 bits per heavy atom. The van der Waals surface area contributed by atoms with Gasteiger partial charge in [0.1, 0.15) is 11.5 Å². The molecule has 0 radical (unpaired) electrons. The van der Waals surface area contributed by atoms with Crippen LogP contribution in [0.15, 0.2) is 48.8 Å². The first-order valence-corrected chi connectivity index (χ1v) is 9.72. The molecule has 0 saturated carbocycles. The summed E-state index contributed by atoms with van der Waals surface area (Å²) in [5.41, 5.74) is 8.48. The number of carbonyl (C=O) groups is 2. The highest BCUT2D eigenvalue weighted by molar-refractivity contribution is 5.88. The molecule has 2 aromatic heterocycles. The van der Waals surface area contributed by atoms with Gasteiger partial charge in [0.05, 0.1) is 0 Å². The Morgan fingerprint density at radius 2 is 1.55 bits per heavy atom. The van der Waals surface area contributed by atoms with E-state index in [1.807, 2.05) is 6.20 Å². The summed E-state index contributed by atoms with van der Waals surface area (Å²) in [5.74, 6) is -0.219. The van der Waals surface area contributed by atoms with Crippen molar-refractivity contribution in [2.24, 2.45) is 5.73 Å². The summed E-state index contributed by atoms with van der Waals surface area (Å²) in [6.07, 6.45) is 1.97. The van der Waals surface area contributed by atoms with E-state index in [0.717, 1.165) is 27.4 Å². The third-order valence-electron chi connectivity index (χ3n) is 5.15. The van der Waals surface area contributed by atoms with Crippen LogP contribution in [0.1, 0.15) is 11.1 Å². The molecule has 2 amide bonds. The first kappa shape index (κ1) is 20.1. The van der Waals surface area contributed by atoms with Crippen molar-refractivity contribution in [2.45, 2.75) is 18.9 Å². The molecule has 0 bridgehead atoms. The number of fused-ring (bicyclic) bond motifs is 2. The number of rotatable bonds is 7. The summed E-state index contributed by atoms with van der Waals surface area (Å²) in [5, 5.41) is 23.8. The molecule has 31 heavy (non-hydrogen) atoms. The van der Waals surface area contributed by atoms with Gasteiger partial charge in [-0.2, -0.15) is 0 Å². The highest BCUT2D eigenvalue weighted by Gasteiger charge is 2.24. The molecule has 0 fully saturated rings. The van der Waals surface area contributed by atoms with Crippen molar-refractivity contribution in [2.75, 3.05) is 6.54 Å². The second-order valence-corrected chi connectivity index (χ2v) is 7.26. The van der Waals surface area contributed by atoms with Crippen LogP contribution in [0.4, 0.5) is 4.79 Å². The van der Waals surface area contributed by atoms with Crippen LogP contribution in [0.2, 0.25) is 0 Å². The van der Waals surface area contributed by atoms with E-state index in [1.165, 1.54) is 0 Å². The molecule has 1 atom stereocenters. The number of nitrogens with one attached hydrogen (secondary N) is 3. The monoisotopic (exact) mass is 422 g/mol. The summed E-state index contributed by atoms with van der Waals surface area (Å²) >= 11 is 0. The molecule has 0 aliphatic rings. The second kappa shape index (κ2) is 8.31. The number of nitrogens with two attached hydrogens (primary N) is 1. The zero-order chi connectivity index (χ0) is 22.0. The molecule has 2 heterocycles. The number of aromatic nitrogens is 2. The number of phenolic OH excluding ortho intramolecular Hbond substituents is 2. The number of benzene rings is 2. The van der Waals surface area contributed by atoms with Crippen LogP contribution in [0.5, 0.6) is 11.5 Å². The number of aromatic hydroxyl groups is 2. The number of primary amides is 1. The van der Waals surface area contributed by atoms with Crippen LogP contribution < -0.4 is 11.1 Å². The van der Waals surface area contributed by atoms with E-state index in [4.69, 9.17) is 10.5 Å². The molecule has 0 spiro atoms. The third-order valence-corrected chi connectivity index (χ3v) is 5.15. The molecule has 1 unspecified atom stereocenters. The minimum atomic E-state index is -1.12. The van der Waals surface area contributed by atoms with E-state index in [-0.39, 0.29) is 17.9 Å². The van der Waals surface area contributed by atoms with Crippen LogP contribution in [0.3, 0.4) is 0 Å². The molecule has 4 aromatic rings. The van der Waals surface area contributed by atoms with Gasteiger partial charge in [0.15, 0.2) is 6.10 Å². The quantitative estimate of drug-likeness (QED) is 0.270. The number of phenols is 2. The number of ether oxygens (including phenoxy) is 1. The Morgan fingerprint density at radius 3 is 2.16 bits per heavy atom. The number of H-pyrrole nitrogens is 2. The van der Waals surface area contributed by atoms with E-state index >= 15 is 0 Å². The van der Waals surface area contributed by atoms with E-state index in [1.54, 1.807) is 42.6 Å². The average molecular weight is 422 g/mol. The van der Waals surface area contributed by atoms with Crippen molar-refractivity contribution in [3.63, 3.8) is 0 Å². The second-order valence-electron chi connectivity index (χ2n) is 7.26. The van der Waals surface area contributed by atoms with Crippen molar-refractivity contribution in [3.8, 4) is 11.5 Å². The number of hydrogen-bond donors (Lipinski definition) is 6. The highest BCUT2D eigenvalue weighted by Crippen LogP contribution is 2.25. The summed E-state index contributed by atoms with van der Waals surface area (Å²) in [4.78, 5) is 30.2. The highest BCUT2D eigenvalue weighted by atomic mass is 16.6. The first-order chi connectivity index (χ1) is 14.9. The third kappa shape index (κ3) is 4.40. The molecule has 7 N–H and O–H groups in total. The lowest BCUT2D eigenvalue weighted by Gasteiger charge is -2.16. The molecule has 2 aromatic carbocycles. The van der Waals surface area contributed by atoms with Gasteiger partial charge < -0.3 is 36.0 Å². The number of carbonyl (C=O) groups excluding carboxylic acids is 2. The summed E-state index contributed by atoms with van der Waals surface area (Å²) < 4.78 is 5.05. The van der Waals surface area contributed by atoms with Crippen LogP contribution >= 0.6 is 0 Å². The Bertz CT molecular complexity index is 1260. The van der Waals surface area contributed by atoms with E-state index in [9.17, 15) is 19.8 Å². The van der Waals surface area contributed by atoms with Crippen LogP contribution in [0.25, 0.3) is 21.8 Å². The predicted octanol–water partition coefficient (Wildman–Crippen LogP) is 2.43. The summed E-state index contributed by atoms with van der Waals surface area (Å²) in [7, 11) is 0. The Hall–Kier alpha value is -4.14. The number of aromatic amines is 2. The van der Waals surface area contributed by atoms with Gasteiger partial charge >= 0.3 is 6.09 Å². The van der Waals surface area contributed by atoms with Gasteiger partial charge in [0, 0.05) is 47.2 Å². The molecule has 0 aliphatic heterocycles. The molecule has 0 saturated heterocycles. The van der Waals surface area contributed by atoms with Gasteiger partial charge in [0.2, 0.25) is 0 Å². The van der Waals surface area contributed by atoms with Gasteiger partial charge in [-0.15, -0.1) is 0 Å². The lowest BCUT2D eigenvalue weighted by Crippen LogP contribution is -2.41. The first-order valence-electron chi connectivity index (χ1n) is 9.72. The Balaban J connectivity index is 1.44. The van der Waals surface area contributed by atoms with Crippen LogP contribution in [-0.2, 0) is 22.4 Å². The smallest absolute Gasteiger partial charge is 0.405 e. The number of amides is 2. The molecule has 0 aliphatic carbocycles. The standard InChI is InChI=1S/C22H22N4O5/c23-22(30)31-20(7-13-11-26-19-4-2-15(28)9-17(13)19)21(29)24-6-5-12-10-25-18-3-1-14(27)8-16(12)18/h1-4,8-11,20,25-28H,5-7H2,(H2,23,30)(H,24,29). The maximum atomic E-state index is 12.7. The summed E-state index contributed by atoms with van der Waals surface area (Å²) in [6, 6.07) is 9.89. The fourth-order valence-electron chi connectivity index (χ4n) is 3.67. The van der Waals surface area contributed by atoms with E-state index < -0.39 is 18.1 Å². The average Bonchev–Trinajstić information content (AvgIpc) is 3.31. The largest absolute Gasteiger partial charge is 0.508 e. The lowest BCUT2D eigenvalue weighted by molar-refractivity contribution is -0.129. The molecule has 9 nitrogen and oxygen atoms in total. The summed E-state index contributed by atoms with van der Waals surface area (Å²) in [6.45, 7) is 0.300. The van der Waals surface area contributed by atoms with Crippen molar-refractivity contribution in [1.29, 1.82) is 0 Å². The predicted molar refractivity (Wildman–Crippen MR) is 115 cm³/mol. The Kier molecular flexibility index (Phi) is 5.40. The zero-order valence-corrected chi connectivity index (χ0v) is 16.5. The maximum Gasteiger partial charge on any atom is 0.405 e. The Labute approximate surface area is 176 Å². The van der Waals surface area contributed by atoms with Crippen LogP contribution in [-0.4, -0.2) is 44.8 Å². The molecular formula is C22H22N4O5. The van der Waals surface area contributed by atoms with Gasteiger partial charge in [0.25, 0.3) is 5.91 Å². The fourth-order valence-corrected chi connectivity index (χ4v) is 3.67. The van der Waals surface area contributed by atoms with Gasteiger partial charge in [-0.3, -0.25) is 4.79 Å². The molecule has 4 rings (SSSR count). The fraction of sp³-hybridized carbons (Fsp3) is 0.182. The van der Waals surface area contributed by atoms with Crippen LogP contribution in [0, 0.1) is 0 Å². The van der Waals surface area contributed by atoms with Crippen molar-refractivity contribution in [3.05, 3.63) is 59.9 Å². The van der Waals surface area contributed by atoms with Crippen molar-refractivity contribution < 1.29 is 24.5 Å². The molecule has 160 valence electrons. The minimum Gasteiger partial charge on any atom is -0.508 e. The van der Waals surface area contributed by atoms with E-state index in [2.05, 4.69) is 15.3 Å². The zero-order valence-electron chi connectivity index (χ0n) is 16.5. The van der Waals surface area contributed by atoms with Crippen molar-refractivity contribution >= 4 is 33.8 Å². The number of hydrogen-bond acceptors (Lipinski definition) is 5. The lowest BCUT2D eigenvalue weighted by atomic mass is 10.1. The van der Waals surface area contributed by atoms with Crippen molar-refractivity contribution in [1.82, 2.24) is 15.3 Å². The van der Waals surface area contributed by atoms with Gasteiger partial charge in [-0.05, 0) is 53.9 Å². The minimum absolute atomic E-state index is 0.0925. The van der Waals surface area contributed by atoms with E-state index in [0.29, 0.717) is 18.5 Å². The SMILES string of the molecule is NC(=O)OC(Cc1c[nH]c2ccc(O)cc12)C(=O)NCCc1c[nH]c2ccc(O)cc12. The normalized spacial score (nSPS) is 12.1. The van der Waals surface area contributed by atoms with Gasteiger partial charge in [-0.1, -0.05) is 0 Å². The van der Waals surface area contributed by atoms with Gasteiger partial charge in [-0.25, -0.2) is 4.79 Å². The molecular weight excluding hydrogens is 400 g/mol. The molecule has 9 heteroatoms.